The van der Waals surface area contributed by atoms with Gasteiger partial charge in [-0.25, -0.2) is 0 Å². The maximum absolute atomic E-state index is 4.17. The number of piperidine rings is 1. The third-order valence-corrected chi connectivity index (χ3v) is 3.23. The summed E-state index contributed by atoms with van der Waals surface area (Å²) in [5, 5.41) is 0. The van der Waals surface area contributed by atoms with E-state index in [1.54, 1.807) is 0 Å². The molecular weight excluding hydrogens is 148 g/mol. The second-order valence-corrected chi connectivity index (χ2v) is 3.96. The minimum absolute atomic E-state index is 0.756. The van der Waals surface area contributed by atoms with E-state index in [0.29, 0.717) is 0 Å². The lowest BCUT2D eigenvalue weighted by Gasteiger charge is -2.34. The fraction of sp³-hybridized carbons (Fsp3) is 0.900. The summed E-state index contributed by atoms with van der Waals surface area (Å²) >= 11 is 0. The molecule has 12 heavy (non-hydrogen) atoms. The van der Waals surface area contributed by atoms with Crippen molar-refractivity contribution >= 4 is 6.21 Å². The van der Waals surface area contributed by atoms with Gasteiger partial charge in [-0.1, -0.05) is 0 Å². The third-order valence-electron chi connectivity index (χ3n) is 3.23. The van der Waals surface area contributed by atoms with Gasteiger partial charge in [0.2, 0.25) is 0 Å². The molecule has 2 heterocycles. The van der Waals surface area contributed by atoms with Gasteiger partial charge in [-0.3, -0.25) is 4.90 Å². The fourth-order valence-corrected chi connectivity index (χ4v) is 2.70. The van der Waals surface area contributed by atoms with Gasteiger partial charge in [0.25, 0.3) is 0 Å². The zero-order chi connectivity index (χ0) is 8.39. The van der Waals surface area contributed by atoms with Crippen LogP contribution in [0.15, 0.2) is 4.99 Å². The molecule has 0 aromatic heterocycles. The highest BCUT2D eigenvalue weighted by molar-refractivity contribution is 5.61. The highest BCUT2D eigenvalue weighted by atomic mass is 15.2. The van der Waals surface area contributed by atoms with Gasteiger partial charge in [-0.15, -0.1) is 0 Å². The van der Waals surface area contributed by atoms with Crippen molar-refractivity contribution in [2.75, 3.05) is 20.1 Å². The summed E-state index contributed by atoms with van der Waals surface area (Å²) in [7, 11) is 1.90. The molecule has 0 saturated carbocycles. The lowest BCUT2D eigenvalue weighted by molar-refractivity contribution is 0.170. The van der Waals surface area contributed by atoms with Gasteiger partial charge >= 0.3 is 0 Å². The van der Waals surface area contributed by atoms with Gasteiger partial charge in [0.15, 0.2) is 0 Å². The van der Waals surface area contributed by atoms with E-state index in [0.717, 1.165) is 12.0 Å². The SMILES string of the molecule is CN=CC1CCCN2CCC[C@H]12. The molecule has 1 unspecified atom stereocenters. The van der Waals surface area contributed by atoms with Crippen molar-refractivity contribution < 1.29 is 0 Å². The number of fused-ring (bicyclic) bond motifs is 1. The summed E-state index contributed by atoms with van der Waals surface area (Å²) < 4.78 is 0. The molecule has 2 heteroatoms. The van der Waals surface area contributed by atoms with Crippen LogP contribution in [0.25, 0.3) is 0 Å². The highest BCUT2D eigenvalue weighted by Gasteiger charge is 2.33. The maximum atomic E-state index is 4.17. The Hall–Kier alpha value is -0.370. The molecular formula is C10H18N2. The minimum Gasteiger partial charge on any atom is -0.301 e. The van der Waals surface area contributed by atoms with Crippen molar-refractivity contribution in [3.63, 3.8) is 0 Å². The zero-order valence-corrected chi connectivity index (χ0v) is 7.87. The van der Waals surface area contributed by atoms with Gasteiger partial charge in [-0.2, -0.15) is 0 Å². The minimum atomic E-state index is 0.756. The lowest BCUT2D eigenvalue weighted by atomic mass is 9.90. The molecule has 0 bridgehead atoms. The van der Waals surface area contributed by atoms with Gasteiger partial charge in [-0.05, 0) is 38.8 Å². The van der Waals surface area contributed by atoms with E-state index < -0.39 is 0 Å². The van der Waals surface area contributed by atoms with Crippen LogP contribution in [0.1, 0.15) is 25.7 Å². The van der Waals surface area contributed by atoms with Crippen molar-refractivity contribution in [1.82, 2.24) is 4.90 Å². The van der Waals surface area contributed by atoms with E-state index >= 15 is 0 Å². The van der Waals surface area contributed by atoms with Gasteiger partial charge < -0.3 is 4.99 Å². The zero-order valence-electron chi connectivity index (χ0n) is 7.87. The average molecular weight is 166 g/mol. The Morgan fingerprint density at radius 2 is 2.00 bits per heavy atom. The molecule has 0 aromatic rings. The highest BCUT2D eigenvalue weighted by Crippen LogP contribution is 2.30. The molecule has 2 aliphatic rings. The first-order valence-corrected chi connectivity index (χ1v) is 5.08. The molecule has 0 radical (unpaired) electrons. The Bertz CT molecular complexity index is 177. The van der Waals surface area contributed by atoms with Crippen LogP contribution in [0.4, 0.5) is 0 Å². The Morgan fingerprint density at radius 1 is 1.25 bits per heavy atom. The molecule has 68 valence electrons. The topological polar surface area (TPSA) is 15.6 Å². The first-order valence-electron chi connectivity index (χ1n) is 5.08. The fourth-order valence-electron chi connectivity index (χ4n) is 2.70. The smallest absolute Gasteiger partial charge is 0.0273 e. The maximum Gasteiger partial charge on any atom is 0.0273 e. The number of hydrogen-bond acceptors (Lipinski definition) is 2. The summed E-state index contributed by atoms with van der Waals surface area (Å²) in [6, 6.07) is 0.836. The van der Waals surface area contributed by atoms with E-state index in [9.17, 15) is 0 Å². The van der Waals surface area contributed by atoms with Crippen molar-refractivity contribution in [3.05, 3.63) is 0 Å². The summed E-state index contributed by atoms with van der Waals surface area (Å²) in [5.74, 6) is 0.756. The average Bonchev–Trinajstić information content (AvgIpc) is 2.53. The van der Waals surface area contributed by atoms with E-state index in [2.05, 4.69) is 16.1 Å². The first kappa shape index (κ1) is 8.24. The number of nitrogens with zero attached hydrogens (tertiary/aromatic N) is 2. The van der Waals surface area contributed by atoms with E-state index in [1.165, 1.54) is 38.8 Å². The molecule has 2 nitrogen and oxygen atoms in total. The van der Waals surface area contributed by atoms with Crippen molar-refractivity contribution in [2.24, 2.45) is 10.9 Å². The Labute approximate surface area is 74.7 Å². The largest absolute Gasteiger partial charge is 0.301 e. The van der Waals surface area contributed by atoms with Gasteiger partial charge in [0, 0.05) is 25.2 Å². The van der Waals surface area contributed by atoms with E-state index in [1.807, 2.05) is 7.05 Å². The van der Waals surface area contributed by atoms with Crippen LogP contribution >= 0.6 is 0 Å². The van der Waals surface area contributed by atoms with Crippen molar-refractivity contribution in [1.29, 1.82) is 0 Å². The molecule has 0 amide bonds. The second kappa shape index (κ2) is 3.56. The van der Waals surface area contributed by atoms with Crippen LogP contribution in [0, 0.1) is 5.92 Å². The predicted molar refractivity (Wildman–Crippen MR) is 51.7 cm³/mol. The summed E-state index contributed by atoms with van der Waals surface area (Å²) in [5.41, 5.74) is 0. The Balaban J connectivity index is 2.03. The van der Waals surface area contributed by atoms with Crippen molar-refractivity contribution in [3.8, 4) is 0 Å². The van der Waals surface area contributed by atoms with Crippen LogP contribution in [-0.4, -0.2) is 37.3 Å². The number of aliphatic imine (C=N–C) groups is 1. The lowest BCUT2D eigenvalue weighted by Crippen LogP contribution is -2.41. The monoisotopic (exact) mass is 166 g/mol. The van der Waals surface area contributed by atoms with Gasteiger partial charge in [0.1, 0.15) is 0 Å². The van der Waals surface area contributed by atoms with Crippen LogP contribution in [0.3, 0.4) is 0 Å². The molecule has 2 saturated heterocycles. The number of rotatable bonds is 1. The second-order valence-electron chi connectivity index (χ2n) is 3.96. The first-order chi connectivity index (χ1) is 5.92. The third kappa shape index (κ3) is 1.40. The molecule has 2 atom stereocenters. The van der Waals surface area contributed by atoms with Crippen LogP contribution in [-0.2, 0) is 0 Å². The molecule has 0 aromatic carbocycles. The molecule has 2 rings (SSSR count). The molecule has 0 N–H and O–H groups in total. The number of hydrogen-bond donors (Lipinski definition) is 0. The molecule has 2 aliphatic heterocycles. The summed E-state index contributed by atoms with van der Waals surface area (Å²) in [4.78, 5) is 6.82. The quantitative estimate of drug-likeness (QED) is 0.540. The molecule has 0 aliphatic carbocycles. The molecule has 0 spiro atoms. The Morgan fingerprint density at radius 3 is 2.75 bits per heavy atom. The van der Waals surface area contributed by atoms with E-state index in [4.69, 9.17) is 0 Å². The van der Waals surface area contributed by atoms with Crippen LogP contribution < -0.4 is 0 Å². The van der Waals surface area contributed by atoms with Crippen LogP contribution in [0.5, 0.6) is 0 Å². The summed E-state index contributed by atoms with van der Waals surface area (Å²) in [6.45, 7) is 2.66. The summed E-state index contributed by atoms with van der Waals surface area (Å²) in [6.07, 6.45) is 7.70. The standard InChI is InChI=1S/C10H18N2/c1-11-8-9-4-2-6-12-7-3-5-10(9)12/h8-10H,2-7H2,1H3/t9?,10-/m1/s1. The predicted octanol–water partition coefficient (Wildman–Crippen LogP) is 1.56. The van der Waals surface area contributed by atoms with E-state index in [-0.39, 0.29) is 0 Å². The molecule has 2 fully saturated rings. The van der Waals surface area contributed by atoms with Gasteiger partial charge in [0.05, 0.1) is 0 Å². The van der Waals surface area contributed by atoms with Crippen LogP contribution in [0.2, 0.25) is 0 Å². The van der Waals surface area contributed by atoms with Crippen molar-refractivity contribution in [2.45, 2.75) is 31.7 Å². The normalized spacial score (nSPS) is 37.4. The Kier molecular flexibility index (Phi) is 2.45.